The topological polar surface area (TPSA) is 42.4 Å². The molecular formula is C8H4F6INO2. The summed E-state index contributed by atoms with van der Waals surface area (Å²) in [6, 6.07) is 0.872. The number of halogens is 7. The van der Waals surface area contributed by atoms with Crippen molar-refractivity contribution in [3.63, 3.8) is 0 Å². The molecule has 0 amide bonds. The van der Waals surface area contributed by atoms with Crippen molar-refractivity contribution in [2.45, 2.75) is 19.1 Å². The summed E-state index contributed by atoms with van der Waals surface area (Å²) in [5.74, 6) is -1.53. The maximum atomic E-state index is 12.5. The molecule has 1 rings (SSSR count). The van der Waals surface area contributed by atoms with Crippen LogP contribution in [0, 0.1) is 3.70 Å². The van der Waals surface area contributed by atoms with Crippen LogP contribution in [0.25, 0.3) is 0 Å². The van der Waals surface area contributed by atoms with Gasteiger partial charge in [-0.1, -0.05) is 0 Å². The SMILES string of the molecule is OCc1cc(I)nc(C(F)(F)F)c1OC(F)(F)F. The smallest absolute Gasteiger partial charge is 0.403 e. The maximum Gasteiger partial charge on any atom is 0.573 e. The number of nitrogens with zero attached hydrogens (tertiary/aromatic N) is 1. The van der Waals surface area contributed by atoms with E-state index in [2.05, 4.69) is 9.72 Å². The van der Waals surface area contributed by atoms with Crippen molar-refractivity contribution in [1.82, 2.24) is 4.98 Å². The monoisotopic (exact) mass is 387 g/mol. The molecule has 1 heterocycles. The van der Waals surface area contributed by atoms with Crippen molar-refractivity contribution in [2.75, 3.05) is 0 Å². The van der Waals surface area contributed by atoms with E-state index in [-0.39, 0.29) is 3.70 Å². The Balaban J connectivity index is 3.43. The van der Waals surface area contributed by atoms with E-state index in [0.29, 0.717) is 0 Å². The summed E-state index contributed by atoms with van der Waals surface area (Å²) >= 11 is 1.39. The van der Waals surface area contributed by atoms with E-state index < -0.39 is 36.2 Å². The first-order valence-electron chi connectivity index (χ1n) is 4.18. The fraction of sp³-hybridized carbons (Fsp3) is 0.375. The zero-order chi connectivity index (χ0) is 14.1. The highest BCUT2D eigenvalue weighted by molar-refractivity contribution is 14.1. The number of aromatic nitrogens is 1. The molecule has 18 heavy (non-hydrogen) atoms. The number of hydrogen-bond donors (Lipinski definition) is 1. The molecule has 0 aliphatic carbocycles. The van der Waals surface area contributed by atoms with E-state index in [9.17, 15) is 26.3 Å². The molecule has 0 aromatic carbocycles. The van der Waals surface area contributed by atoms with Gasteiger partial charge >= 0.3 is 12.5 Å². The van der Waals surface area contributed by atoms with Crippen molar-refractivity contribution >= 4 is 22.6 Å². The molecule has 1 aromatic heterocycles. The molecule has 0 atom stereocenters. The predicted molar refractivity (Wildman–Crippen MR) is 54.6 cm³/mol. The van der Waals surface area contributed by atoms with E-state index in [0.717, 1.165) is 6.07 Å². The number of hydrogen-bond acceptors (Lipinski definition) is 3. The number of aliphatic hydroxyl groups is 1. The Hall–Kier alpha value is -0.780. The van der Waals surface area contributed by atoms with Gasteiger partial charge in [0.1, 0.15) is 3.70 Å². The largest absolute Gasteiger partial charge is 0.573 e. The van der Waals surface area contributed by atoms with Gasteiger partial charge in [0, 0.05) is 5.56 Å². The maximum absolute atomic E-state index is 12.5. The zero-order valence-corrected chi connectivity index (χ0v) is 10.4. The highest BCUT2D eigenvalue weighted by Crippen LogP contribution is 2.39. The normalized spacial score (nSPS) is 12.7. The van der Waals surface area contributed by atoms with Crippen molar-refractivity contribution in [3.05, 3.63) is 21.0 Å². The molecule has 10 heteroatoms. The molecule has 0 saturated carbocycles. The summed E-state index contributed by atoms with van der Waals surface area (Å²) in [5.41, 5.74) is -2.46. The number of aliphatic hydroxyl groups excluding tert-OH is 1. The van der Waals surface area contributed by atoms with Gasteiger partial charge in [-0.3, -0.25) is 0 Å². The summed E-state index contributed by atoms with van der Waals surface area (Å²) < 4.78 is 76.7. The van der Waals surface area contributed by atoms with Crippen LogP contribution < -0.4 is 4.74 Å². The first-order valence-corrected chi connectivity index (χ1v) is 5.25. The van der Waals surface area contributed by atoms with Gasteiger partial charge in [-0.05, 0) is 28.7 Å². The number of ether oxygens (including phenoxy) is 1. The van der Waals surface area contributed by atoms with Gasteiger partial charge in [-0.25, -0.2) is 4.98 Å². The molecule has 0 spiro atoms. The average Bonchev–Trinajstić information content (AvgIpc) is 2.16. The van der Waals surface area contributed by atoms with Gasteiger partial charge in [0.25, 0.3) is 0 Å². The molecule has 0 unspecified atom stereocenters. The quantitative estimate of drug-likeness (QED) is 0.482. The Bertz CT molecular complexity index is 444. The van der Waals surface area contributed by atoms with Gasteiger partial charge < -0.3 is 9.84 Å². The summed E-state index contributed by atoms with van der Waals surface area (Å²) in [6.45, 7) is -1.03. The van der Waals surface area contributed by atoms with E-state index in [1.165, 1.54) is 22.6 Å². The second-order valence-electron chi connectivity index (χ2n) is 2.99. The molecule has 1 aromatic rings. The summed E-state index contributed by atoms with van der Waals surface area (Å²) in [6.07, 6.45) is -10.4. The van der Waals surface area contributed by atoms with E-state index in [1.54, 1.807) is 0 Å². The molecule has 102 valence electrons. The third-order valence-corrected chi connectivity index (χ3v) is 2.23. The van der Waals surface area contributed by atoms with Gasteiger partial charge in [-0.15, -0.1) is 13.2 Å². The first kappa shape index (κ1) is 15.3. The lowest BCUT2D eigenvalue weighted by Crippen LogP contribution is -2.22. The highest BCUT2D eigenvalue weighted by atomic mass is 127. The molecule has 1 N–H and O–H groups in total. The van der Waals surface area contributed by atoms with Crippen LogP contribution in [0.15, 0.2) is 6.07 Å². The minimum atomic E-state index is -5.31. The van der Waals surface area contributed by atoms with Crippen LogP contribution >= 0.6 is 22.6 Å². The Morgan fingerprint density at radius 1 is 1.22 bits per heavy atom. The Morgan fingerprint density at radius 2 is 1.78 bits per heavy atom. The van der Waals surface area contributed by atoms with Crippen LogP contribution in [0.2, 0.25) is 0 Å². The van der Waals surface area contributed by atoms with Gasteiger partial charge in [0.15, 0.2) is 11.4 Å². The summed E-state index contributed by atoms with van der Waals surface area (Å²) in [4.78, 5) is 2.96. The lowest BCUT2D eigenvalue weighted by molar-refractivity contribution is -0.277. The lowest BCUT2D eigenvalue weighted by Gasteiger charge is -2.17. The van der Waals surface area contributed by atoms with Crippen LogP contribution in [0.3, 0.4) is 0 Å². The molecule has 0 radical (unpaired) electrons. The third-order valence-electron chi connectivity index (χ3n) is 1.68. The second-order valence-corrected chi connectivity index (χ2v) is 4.09. The number of pyridine rings is 1. The van der Waals surface area contributed by atoms with Crippen molar-refractivity contribution in [2.24, 2.45) is 0 Å². The summed E-state index contributed by atoms with van der Waals surface area (Å²) in [5, 5.41) is 8.78. The molecule has 0 bridgehead atoms. The molecule has 0 saturated heterocycles. The van der Waals surface area contributed by atoms with Crippen LogP contribution in [0.5, 0.6) is 5.75 Å². The second kappa shape index (κ2) is 5.07. The van der Waals surface area contributed by atoms with Gasteiger partial charge in [-0.2, -0.15) is 13.2 Å². The summed E-state index contributed by atoms with van der Waals surface area (Å²) in [7, 11) is 0. The fourth-order valence-corrected chi connectivity index (χ4v) is 1.71. The van der Waals surface area contributed by atoms with Crippen molar-refractivity contribution in [1.29, 1.82) is 0 Å². The molecule has 3 nitrogen and oxygen atoms in total. The third kappa shape index (κ3) is 3.86. The molecular weight excluding hydrogens is 383 g/mol. The van der Waals surface area contributed by atoms with Gasteiger partial charge in [0.2, 0.25) is 0 Å². The van der Waals surface area contributed by atoms with Crippen molar-refractivity contribution in [3.8, 4) is 5.75 Å². The highest BCUT2D eigenvalue weighted by Gasteiger charge is 2.42. The first-order chi connectivity index (χ1) is 8.04. The van der Waals surface area contributed by atoms with E-state index in [4.69, 9.17) is 5.11 Å². The number of alkyl halides is 6. The Morgan fingerprint density at radius 3 is 2.17 bits per heavy atom. The molecule has 0 fully saturated rings. The zero-order valence-electron chi connectivity index (χ0n) is 8.23. The number of rotatable bonds is 2. The van der Waals surface area contributed by atoms with Gasteiger partial charge in [0.05, 0.1) is 6.61 Å². The van der Waals surface area contributed by atoms with Crippen LogP contribution in [-0.2, 0) is 12.8 Å². The van der Waals surface area contributed by atoms with Crippen LogP contribution in [-0.4, -0.2) is 16.5 Å². The van der Waals surface area contributed by atoms with Crippen LogP contribution in [0.4, 0.5) is 26.3 Å². The Kier molecular flexibility index (Phi) is 4.30. The molecule has 0 aliphatic rings. The standard InChI is InChI=1S/C8H4F6INO2/c9-7(10,11)6-5(18-8(12,13)14)3(2-17)1-4(15)16-6/h1,17H,2H2. The van der Waals surface area contributed by atoms with E-state index >= 15 is 0 Å². The predicted octanol–water partition coefficient (Wildman–Crippen LogP) is 3.10. The molecule has 0 aliphatic heterocycles. The lowest BCUT2D eigenvalue weighted by atomic mass is 10.2. The van der Waals surface area contributed by atoms with E-state index in [1.807, 2.05) is 0 Å². The van der Waals surface area contributed by atoms with Crippen LogP contribution in [0.1, 0.15) is 11.3 Å². The minimum Gasteiger partial charge on any atom is -0.403 e. The average molecular weight is 387 g/mol. The fourth-order valence-electron chi connectivity index (χ4n) is 1.09. The minimum absolute atomic E-state index is 0.210. The van der Waals surface area contributed by atoms with Crippen molar-refractivity contribution < 1.29 is 36.2 Å². The Labute approximate surface area is 110 Å².